The fraction of sp³-hybridized carbons (Fsp3) is 0.143. The van der Waals surface area contributed by atoms with E-state index in [1.165, 1.54) is 24.3 Å². The van der Waals surface area contributed by atoms with Crippen LogP contribution in [0.2, 0.25) is 5.02 Å². The number of imide groups is 1. The number of nitrogens with two attached hydrogens (primary N) is 1. The Bertz CT molecular complexity index is 1980. The van der Waals surface area contributed by atoms with Crippen molar-refractivity contribution in [2.45, 2.75) is 21.1 Å². The molecule has 1 fully saturated rings. The number of carbonyl (C=O) groups is 3. The highest BCUT2D eigenvalue weighted by Gasteiger charge is 2.56. The molecule has 3 atom stereocenters. The normalized spacial score (nSPS) is 19.4. The fourth-order valence-electron chi connectivity index (χ4n) is 5.16. The number of rotatable bonds is 7. The van der Waals surface area contributed by atoms with Crippen molar-refractivity contribution in [1.29, 1.82) is 0 Å². The number of anilines is 2. The molecule has 3 aromatic carbocycles. The third-order valence-corrected chi connectivity index (χ3v) is 11.1. The van der Waals surface area contributed by atoms with Crippen LogP contribution in [0.3, 0.4) is 0 Å². The van der Waals surface area contributed by atoms with E-state index in [1.807, 2.05) is 0 Å². The van der Waals surface area contributed by atoms with Gasteiger partial charge in [-0.15, -0.1) is 0 Å². The number of nitrogens with one attached hydrogen (secondary N) is 2. The number of thioether (sulfide) groups is 1. The minimum absolute atomic E-state index is 0.101. The van der Waals surface area contributed by atoms with Crippen molar-refractivity contribution in [3.8, 4) is 5.75 Å². The molecule has 44 heavy (non-hydrogen) atoms. The molecule has 1 saturated heterocycles. The average molecular weight is 736 g/mol. The molecule has 2 aliphatic heterocycles. The first-order chi connectivity index (χ1) is 20.9. The number of ether oxygens (including phenoxy) is 1. The first kappa shape index (κ1) is 30.6. The lowest BCUT2D eigenvalue weighted by molar-refractivity contribution is -0.122. The minimum Gasteiger partial charge on any atom is -0.483 e. The summed E-state index contributed by atoms with van der Waals surface area (Å²) in [6.45, 7) is -0.429. The summed E-state index contributed by atoms with van der Waals surface area (Å²) in [5.74, 6) is -2.72. The summed E-state index contributed by atoms with van der Waals surface area (Å²) in [5.41, 5.74) is 1.22. The Morgan fingerprint density at radius 2 is 1.75 bits per heavy atom. The molecule has 0 radical (unpaired) electrons. The molecule has 11 nitrogen and oxygen atoms in total. The van der Waals surface area contributed by atoms with Crippen LogP contribution in [-0.2, 0) is 24.4 Å². The van der Waals surface area contributed by atoms with Gasteiger partial charge in [0.2, 0.25) is 21.8 Å². The van der Waals surface area contributed by atoms with Gasteiger partial charge in [-0.05, 0) is 66.7 Å². The summed E-state index contributed by atoms with van der Waals surface area (Å²) >= 11 is 11.6. The highest BCUT2D eigenvalue weighted by molar-refractivity contribution is 9.10. The molecule has 0 spiro atoms. The molecule has 16 heteroatoms. The van der Waals surface area contributed by atoms with E-state index in [0.717, 1.165) is 28.0 Å². The third-order valence-electron chi connectivity index (χ3n) is 7.04. The molecule has 6 rings (SSSR count). The van der Waals surface area contributed by atoms with Crippen LogP contribution in [0.15, 0.2) is 85.9 Å². The summed E-state index contributed by atoms with van der Waals surface area (Å²) in [6.07, 6.45) is 0. The highest BCUT2D eigenvalue weighted by Crippen LogP contribution is 2.54. The molecule has 4 aromatic rings. The highest BCUT2D eigenvalue weighted by atomic mass is 79.9. The van der Waals surface area contributed by atoms with E-state index in [1.54, 1.807) is 42.5 Å². The molecule has 226 valence electrons. The van der Waals surface area contributed by atoms with Crippen LogP contribution in [-0.4, -0.2) is 43.0 Å². The van der Waals surface area contributed by atoms with Crippen LogP contribution >= 0.6 is 50.6 Å². The van der Waals surface area contributed by atoms with Crippen LogP contribution in [0.1, 0.15) is 16.4 Å². The molecular weight excluding hydrogens is 716 g/mol. The summed E-state index contributed by atoms with van der Waals surface area (Å²) in [7, 11) is -3.88. The van der Waals surface area contributed by atoms with Gasteiger partial charge >= 0.3 is 4.87 Å². The lowest BCUT2D eigenvalue weighted by Gasteiger charge is -2.31. The zero-order chi connectivity index (χ0) is 31.3. The molecule has 3 heterocycles. The Labute approximate surface area is 271 Å². The lowest BCUT2D eigenvalue weighted by atomic mass is 9.82. The first-order valence-corrected chi connectivity index (χ1v) is 17.2. The molecule has 3 amide bonds. The summed E-state index contributed by atoms with van der Waals surface area (Å²) in [4.78, 5) is 57.0. The summed E-state index contributed by atoms with van der Waals surface area (Å²) in [5, 5.41) is 7.88. The summed E-state index contributed by atoms with van der Waals surface area (Å²) < 4.78 is 29.6. The first-order valence-electron chi connectivity index (χ1n) is 12.8. The smallest absolute Gasteiger partial charge is 0.305 e. The zero-order valence-corrected chi connectivity index (χ0v) is 26.9. The summed E-state index contributed by atoms with van der Waals surface area (Å²) in [6, 6.07) is 16.8. The van der Waals surface area contributed by atoms with Crippen LogP contribution in [0.4, 0.5) is 11.4 Å². The maximum absolute atomic E-state index is 14.0. The number of primary sulfonamides is 1. The zero-order valence-electron chi connectivity index (χ0n) is 22.2. The topological polar surface area (TPSA) is 169 Å². The molecule has 0 aliphatic carbocycles. The van der Waals surface area contributed by atoms with Crippen LogP contribution in [0.25, 0.3) is 0 Å². The van der Waals surface area contributed by atoms with Gasteiger partial charge < -0.3 is 15.0 Å². The van der Waals surface area contributed by atoms with E-state index in [0.29, 0.717) is 36.3 Å². The van der Waals surface area contributed by atoms with E-state index in [-0.39, 0.29) is 15.5 Å². The molecule has 0 unspecified atom stereocenters. The number of carbonyl (C=O) groups excluding carboxylic acids is 3. The van der Waals surface area contributed by atoms with Gasteiger partial charge in [0.15, 0.2) is 6.61 Å². The Morgan fingerprint density at radius 1 is 1.05 bits per heavy atom. The van der Waals surface area contributed by atoms with Crippen molar-refractivity contribution in [2.75, 3.05) is 16.8 Å². The van der Waals surface area contributed by atoms with Crippen molar-refractivity contribution in [3.05, 3.63) is 96.3 Å². The largest absolute Gasteiger partial charge is 0.483 e. The number of hydrogen-bond donors (Lipinski definition) is 3. The number of fused-ring (bicyclic) bond motifs is 2. The van der Waals surface area contributed by atoms with Crippen LogP contribution in [0.5, 0.6) is 5.75 Å². The van der Waals surface area contributed by atoms with Crippen molar-refractivity contribution in [1.82, 2.24) is 4.98 Å². The molecule has 1 aromatic heterocycles. The number of sulfonamides is 1. The van der Waals surface area contributed by atoms with Crippen LogP contribution < -0.4 is 25.0 Å². The second-order valence-corrected chi connectivity index (χ2v) is 14.9. The van der Waals surface area contributed by atoms with E-state index < -0.39 is 51.4 Å². The van der Waals surface area contributed by atoms with Gasteiger partial charge in [0, 0.05) is 31.5 Å². The maximum atomic E-state index is 14.0. The monoisotopic (exact) mass is 734 g/mol. The number of benzene rings is 3. The average Bonchev–Trinajstić information content (AvgIpc) is 3.46. The maximum Gasteiger partial charge on any atom is 0.305 e. The van der Waals surface area contributed by atoms with Gasteiger partial charge in [-0.25, -0.2) is 18.5 Å². The number of amides is 3. The number of aromatic nitrogens is 1. The molecule has 0 saturated carbocycles. The second kappa shape index (κ2) is 11.8. The molecule has 0 bridgehead atoms. The van der Waals surface area contributed by atoms with E-state index in [9.17, 15) is 27.6 Å². The number of hydrogen-bond acceptors (Lipinski definition) is 9. The van der Waals surface area contributed by atoms with Crippen molar-refractivity contribution >= 4 is 89.7 Å². The van der Waals surface area contributed by atoms with E-state index in [2.05, 4.69) is 26.2 Å². The number of aromatic amines is 1. The SMILES string of the molecule is NS(=O)(=O)c1ccc(NC(=O)COc2ccc(Br)cc2[C@@H]2c3sc(=O)[nH]c3S[C@H]3C(=O)N(c4ccc(Cl)cc4)C(=O)[C@@H]23)cc1. The Balaban J connectivity index is 1.32. The minimum atomic E-state index is -3.88. The van der Waals surface area contributed by atoms with Gasteiger partial charge in [0.25, 0.3) is 5.91 Å². The third kappa shape index (κ3) is 5.82. The van der Waals surface area contributed by atoms with Crippen molar-refractivity contribution in [2.24, 2.45) is 11.1 Å². The van der Waals surface area contributed by atoms with Gasteiger partial charge in [-0.3, -0.25) is 19.2 Å². The lowest BCUT2D eigenvalue weighted by Crippen LogP contribution is -2.32. The fourth-order valence-corrected chi connectivity index (χ4v) is 8.69. The van der Waals surface area contributed by atoms with Gasteiger partial charge in [0.05, 0.1) is 21.5 Å². The molecule has 2 aliphatic rings. The quantitative estimate of drug-likeness (QED) is 0.236. The second-order valence-electron chi connectivity index (χ2n) is 9.83. The van der Waals surface area contributed by atoms with Gasteiger partial charge in [-0.2, -0.15) is 0 Å². The Morgan fingerprint density at radius 3 is 2.43 bits per heavy atom. The number of H-pyrrole nitrogens is 1. The predicted octanol–water partition coefficient (Wildman–Crippen LogP) is 4.31. The predicted molar refractivity (Wildman–Crippen MR) is 170 cm³/mol. The van der Waals surface area contributed by atoms with E-state index in [4.69, 9.17) is 21.5 Å². The van der Waals surface area contributed by atoms with Gasteiger partial charge in [0.1, 0.15) is 11.0 Å². The van der Waals surface area contributed by atoms with Crippen molar-refractivity contribution in [3.63, 3.8) is 0 Å². The van der Waals surface area contributed by atoms with Crippen LogP contribution in [0, 0.1) is 5.92 Å². The van der Waals surface area contributed by atoms with E-state index >= 15 is 0 Å². The Kier molecular flexibility index (Phi) is 8.19. The Hall–Kier alpha value is -3.47. The van der Waals surface area contributed by atoms with Gasteiger partial charge in [-0.1, -0.05) is 50.6 Å². The standard InChI is InChI=1S/C28H20BrClN4O7S3/c29-13-1-10-19(41-12-20(35)32-15-4-8-17(9-5-15)44(31,39)40)18(11-13)21-22-24(42-25-23(21)43-28(38)33-25)27(37)34(26(22)36)16-6-2-14(30)3-7-16/h1-11,21-22,24H,12H2,(H,32,35)(H,33,38)(H2,31,39,40)/t21-,22-,24+/m0/s1. The number of nitrogens with zero attached hydrogens (tertiary/aromatic N) is 1. The number of thiazole rings is 1. The molecular formula is C28H20BrClN4O7S3. The molecule has 4 N–H and O–H groups in total. The van der Waals surface area contributed by atoms with Crippen molar-refractivity contribution < 1.29 is 27.5 Å². The number of halogens is 2.